The molecule has 1 spiro atoms. The van der Waals surface area contributed by atoms with E-state index in [0.717, 1.165) is 25.9 Å². The van der Waals surface area contributed by atoms with Crippen molar-refractivity contribution in [2.45, 2.75) is 25.6 Å². The monoisotopic (exact) mass is 362 g/mol. The third-order valence-corrected chi connectivity index (χ3v) is 4.70. The average molecular weight is 362 g/mol. The maximum Gasteiger partial charge on any atom is 0.171 e. The van der Waals surface area contributed by atoms with Gasteiger partial charge in [-0.1, -0.05) is 6.07 Å². The van der Waals surface area contributed by atoms with E-state index in [9.17, 15) is 8.78 Å². The molecule has 2 aliphatic heterocycles. The number of aryl methyl sites for hydroxylation is 1. The summed E-state index contributed by atoms with van der Waals surface area (Å²) in [6, 6.07) is 5.43. The summed E-state index contributed by atoms with van der Waals surface area (Å²) in [7, 11) is 0. The molecule has 0 radical (unpaired) electrons. The van der Waals surface area contributed by atoms with Crippen LogP contribution in [0.2, 0.25) is 0 Å². The molecule has 1 aromatic carbocycles. The molecule has 3 heterocycles. The number of para-hydroxylation sites is 1. The minimum atomic E-state index is -0.668. The van der Waals surface area contributed by atoms with Crippen LogP contribution in [-0.4, -0.2) is 42.1 Å². The second kappa shape index (κ2) is 6.77. The summed E-state index contributed by atoms with van der Waals surface area (Å²) in [6.45, 7) is 4.47. The van der Waals surface area contributed by atoms with Gasteiger partial charge in [0.2, 0.25) is 0 Å². The Morgan fingerprint density at radius 3 is 2.38 bits per heavy atom. The molecule has 2 aromatic rings. The standard InChI is InChI=1S/C18H20F2N4O2/c1-12-21-15(23-17-13(19)3-2-4-14(17)20)11-16(22-12)24-7-5-18(6-8-24)25-9-10-26-18/h2-4,11H,5-10H2,1H3,(H,21,22,23). The summed E-state index contributed by atoms with van der Waals surface area (Å²) < 4.78 is 39.2. The molecular weight excluding hydrogens is 342 g/mol. The van der Waals surface area contributed by atoms with Crippen LogP contribution in [-0.2, 0) is 9.47 Å². The van der Waals surface area contributed by atoms with E-state index in [2.05, 4.69) is 20.2 Å². The van der Waals surface area contributed by atoms with Crippen LogP contribution >= 0.6 is 0 Å². The lowest BCUT2D eigenvalue weighted by molar-refractivity contribution is -0.169. The summed E-state index contributed by atoms with van der Waals surface area (Å²) >= 11 is 0. The SMILES string of the molecule is Cc1nc(Nc2c(F)cccc2F)cc(N2CCC3(CC2)OCCO3)n1. The molecule has 138 valence electrons. The van der Waals surface area contributed by atoms with E-state index < -0.39 is 17.4 Å². The summed E-state index contributed by atoms with van der Waals surface area (Å²) in [5.74, 6) is -0.211. The van der Waals surface area contributed by atoms with Gasteiger partial charge in [-0.25, -0.2) is 18.7 Å². The number of piperidine rings is 1. The van der Waals surface area contributed by atoms with E-state index in [-0.39, 0.29) is 5.69 Å². The minimum absolute atomic E-state index is 0.220. The predicted octanol–water partition coefficient (Wildman–Crippen LogP) is 3.15. The minimum Gasteiger partial charge on any atom is -0.356 e. The van der Waals surface area contributed by atoms with Crippen molar-refractivity contribution < 1.29 is 18.3 Å². The van der Waals surface area contributed by atoms with Crippen molar-refractivity contribution in [1.82, 2.24) is 9.97 Å². The third kappa shape index (κ3) is 3.34. The normalized spacial score (nSPS) is 19.1. The van der Waals surface area contributed by atoms with Crippen LogP contribution in [0.25, 0.3) is 0 Å². The maximum atomic E-state index is 13.9. The number of benzene rings is 1. The Morgan fingerprint density at radius 2 is 1.73 bits per heavy atom. The van der Waals surface area contributed by atoms with Crippen molar-refractivity contribution in [1.29, 1.82) is 0 Å². The molecule has 1 N–H and O–H groups in total. The zero-order valence-corrected chi connectivity index (χ0v) is 14.5. The van der Waals surface area contributed by atoms with E-state index in [1.807, 2.05) is 0 Å². The topological polar surface area (TPSA) is 59.5 Å². The van der Waals surface area contributed by atoms with Gasteiger partial charge in [0.15, 0.2) is 5.79 Å². The van der Waals surface area contributed by atoms with Crippen molar-refractivity contribution >= 4 is 17.3 Å². The molecular formula is C18H20F2N4O2. The second-order valence-electron chi connectivity index (χ2n) is 6.47. The lowest BCUT2D eigenvalue weighted by atomic mass is 10.0. The molecule has 2 aliphatic rings. The lowest BCUT2D eigenvalue weighted by Crippen LogP contribution is -2.45. The number of aromatic nitrogens is 2. The van der Waals surface area contributed by atoms with Gasteiger partial charge in [-0.3, -0.25) is 0 Å². The highest BCUT2D eigenvalue weighted by Gasteiger charge is 2.40. The number of hydrogen-bond acceptors (Lipinski definition) is 6. The predicted molar refractivity (Wildman–Crippen MR) is 92.5 cm³/mol. The van der Waals surface area contributed by atoms with Gasteiger partial charge >= 0.3 is 0 Å². The molecule has 0 bridgehead atoms. The van der Waals surface area contributed by atoms with Gasteiger partial charge in [0.05, 0.1) is 13.2 Å². The summed E-state index contributed by atoms with van der Waals surface area (Å²) in [5, 5.41) is 2.73. The van der Waals surface area contributed by atoms with Gasteiger partial charge in [0.1, 0.15) is 34.8 Å². The van der Waals surface area contributed by atoms with E-state index in [0.29, 0.717) is 30.7 Å². The highest BCUT2D eigenvalue weighted by molar-refractivity contribution is 5.61. The molecule has 0 amide bonds. The first-order valence-corrected chi connectivity index (χ1v) is 8.64. The number of rotatable bonds is 3. The Kier molecular flexibility index (Phi) is 4.46. The van der Waals surface area contributed by atoms with Crippen LogP contribution in [0.15, 0.2) is 24.3 Å². The summed E-state index contributed by atoms with van der Waals surface area (Å²) in [5.41, 5.74) is -0.220. The first kappa shape index (κ1) is 17.1. The fraction of sp³-hybridized carbons (Fsp3) is 0.444. The Morgan fingerprint density at radius 1 is 1.08 bits per heavy atom. The molecule has 0 unspecified atom stereocenters. The first-order valence-electron chi connectivity index (χ1n) is 8.64. The number of halogens is 2. The van der Waals surface area contributed by atoms with Crippen LogP contribution < -0.4 is 10.2 Å². The number of ether oxygens (including phenoxy) is 2. The van der Waals surface area contributed by atoms with Gasteiger partial charge in [-0.05, 0) is 19.1 Å². The molecule has 26 heavy (non-hydrogen) atoms. The van der Waals surface area contributed by atoms with Gasteiger partial charge in [-0.2, -0.15) is 0 Å². The Bertz CT molecular complexity index is 782. The van der Waals surface area contributed by atoms with Crippen molar-refractivity contribution in [2.75, 3.05) is 36.5 Å². The van der Waals surface area contributed by atoms with E-state index >= 15 is 0 Å². The fourth-order valence-corrected chi connectivity index (χ4v) is 3.39. The molecule has 2 saturated heterocycles. The highest BCUT2D eigenvalue weighted by atomic mass is 19.1. The molecule has 0 atom stereocenters. The maximum absolute atomic E-state index is 13.9. The molecule has 6 nitrogen and oxygen atoms in total. The van der Waals surface area contributed by atoms with E-state index in [4.69, 9.17) is 9.47 Å². The average Bonchev–Trinajstić information content (AvgIpc) is 3.06. The van der Waals surface area contributed by atoms with E-state index in [1.165, 1.54) is 18.2 Å². The molecule has 8 heteroatoms. The smallest absolute Gasteiger partial charge is 0.171 e. The van der Waals surface area contributed by atoms with Crippen LogP contribution in [0.5, 0.6) is 0 Å². The van der Waals surface area contributed by atoms with Crippen LogP contribution in [0.3, 0.4) is 0 Å². The summed E-state index contributed by atoms with van der Waals surface area (Å²) in [4.78, 5) is 10.8. The Balaban J connectivity index is 1.53. The molecule has 1 aromatic heterocycles. The molecule has 0 saturated carbocycles. The van der Waals surface area contributed by atoms with Gasteiger partial charge in [0, 0.05) is 32.0 Å². The van der Waals surface area contributed by atoms with E-state index in [1.54, 1.807) is 13.0 Å². The number of nitrogens with one attached hydrogen (secondary N) is 1. The Hall–Kier alpha value is -2.32. The fourth-order valence-electron chi connectivity index (χ4n) is 3.39. The molecule has 0 aliphatic carbocycles. The molecule has 2 fully saturated rings. The quantitative estimate of drug-likeness (QED) is 0.905. The van der Waals surface area contributed by atoms with Crippen LogP contribution in [0, 0.1) is 18.6 Å². The lowest BCUT2D eigenvalue weighted by Gasteiger charge is -2.38. The Labute approximate surface area is 150 Å². The third-order valence-electron chi connectivity index (χ3n) is 4.70. The van der Waals surface area contributed by atoms with Crippen LogP contribution in [0.4, 0.5) is 26.1 Å². The zero-order chi connectivity index (χ0) is 18.1. The first-order chi connectivity index (χ1) is 12.5. The largest absolute Gasteiger partial charge is 0.356 e. The molecule has 4 rings (SSSR count). The van der Waals surface area contributed by atoms with Crippen molar-refractivity contribution in [3.05, 3.63) is 41.7 Å². The second-order valence-corrected chi connectivity index (χ2v) is 6.47. The van der Waals surface area contributed by atoms with Gasteiger partial charge < -0.3 is 19.7 Å². The van der Waals surface area contributed by atoms with Gasteiger partial charge in [-0.15, -0.1) is 0 Å². The van der Waals surface area contributed by atoms with Crippen molar-refractivity contribution in [3.8, 4) is 0 Å². The number of hydrogen-bond donors (Lipinski definition) is 1. The van der Waals surface area contributed by atoms with Gasteiger partial charge in [0.25, 0.3) is 0 Å². The number of anilines is 3. The summed E-state index contributed by atoms with van der Waals surface area (Å²) in [6.07, 6.45) is 1.50. The zero-order valence-electron chi connectivity index (χ0n) is 14.5. The number of nitrogens with zero attached hydrogens (tertiary/aromatic N) is 3. The highest BCUT2D eigenvalue weighted by Crippen LogP contribution is 2.33. The van der Waals surface area contributed by atoms with Crippen LogP contribution in [0.1, 0.15) is 18.7 Å². The van der Waals surface area contributed by atoms with Crippen molar-refractivity contribution in [2.24, 2.45) is 0 Å². The van der Waals surface area contributed by atoms with Crippen molar-refractivity contribution in [3.63, 3.8) is 0 Å².